The highest BCUT2D eigenvalue weighted by Gasteiger charge is 2.24. The van der Waals surface area contributed by atoms with Crippen molar-refractivity contribution in [2.75, 3.05) is 27.8 Å². The summed E-state index contributed by atoms with van der Waals surface area (Å²) in [5, 5.41) is 20.4. The second-order valence-corrected chi connectivity index (χ2v) is 17.1. The minimum atomic E-state index is -0.0663. The third-order valence-corrected chi connectivity index (χ3v) is 12.3. The second-order valence-electron chi connectivity index (χ2n) is 17.1. The molecule has 0 aliphatic heterocycles. The van der Waals surface area contributed by atoms with Crippen LogP contribution >= 0.6 is 0 Å². The molecule has 0 saturated heterocycles. The van der Waals surface area contributed by atoms with Gasteiger partial charge in [-0.25, -0.2) is 0 Å². The Balaban J connectivity index is 1.31. The van der Waals surface area contributed by atoms with E-state index in [1.54, 1.807) is 14.2 Å². The number of hydrogen-bond acceptors (Lipinski definition) is 8. The molecule has 0 amide bonds. The molecular formula is C60H56O8. The predicted octanol–water partition coefficient (Wildman–Crippen LogP) is 11.8. The fourth-order valence-corrected chi connectivity index (χ4v) is 9.16. The Morgan fingerprint density at radius 1 is 0.324 bits per heavy atom. The number of methoxy groups -OCH3 is 2. The van der Waals surface area contributed by atoms with Crippen molar-refractivity contribution in [1.82, 2.24) is 0 Å². The molecule has 0 spiro atoms. The lowest BCUT2D eigenvalue weighted by atomic mass is 9.88. The fraction of sp³-hybridized carbons (Fsp3) is 0.200. The van der Waals surface area contributed by atoms with Crippen LogP contribution in [0.15, 0.2) is 170 Å². The number of aliphatic hydroxyl groups excluding tert-OH is 2. The molecule has 8 aromatic carbocycles. The van der Waals surface area contributed by atoms with Crippen molar-refractivity contribution < 1.29 is 38.6 Å². The minimum Gasteiger partial charge on any atom is -0.488 e. The number of para-hydroxylation sites is 2. The van der Waals surface area contributed by atoms with Crippen molar-refractivity contribution in [2.45, 2.75) is 52.1 Å². The van der Waals surface area contributed by atoms with Gasteiger partial charge in [0.2, 0.25) is 0 Å². The van der Waals surface area contributed by atoms with Crippen LogP contribution in [-0.2, 0) is 61.6 Å². The fourth-order valence-electron chi connectivity index (χ4n) is 9.16. The molecule has 8 nitrogen and oxygen atoms in total. The van der Waals surface area contributed by atoms with E-state index in [0.29, 0.717) is 38.9 Å². The molecule has 344 valence electrons. The Morgan fingerprint density at radius 2 is 0.647 bits per heavy atom. The van der Waals surface area contributed by atoms with Gasteiger partial charge in [0, 0.05) is 39.9 Å². The molecule has 0 radical (unpaired) electrons. The quantitative estimate of drug-likeness (QED) is 0.0926. The first kappa shape index (κ1) is 45.9. The maximum atomic E-state index is 10.2. The van der Waals surface area contributed by atoms with E-state index in [9.17, 15) is 10.2 Å². The van der Waals surface area contributed by atoms with E-state index in [0.717, 1.165) is 112 Å². The van der Waals surface area contributed by atoms with Crippen LogP contribution < -0.4 is 18.9 Å². The lowest BCUT2D eigenvalue weighted by molar-refractivity contribution is 0.0497. The average Bonchev–Trinajstić information content (AvgIpc) is 3.38. The number of aliphatic hydroxyl groups is 2. The van der Waals surface area contributed by atoms with Crippen molar-refractivity contribution >= 4 is 0 Å². The molecule has 1 aliphatic rings. The Hall–Kier alpha value is -7.20. The standard InChI is InChI=1S/C60H56O8/c1-63-39-67-59-53-27-47-21-11-23-49(57(47)65-37-41-13-5-3-6-14-41)29-55-33-52(46-20-10-18-44(26-46)36-62)34-56(60(55)68-40-64-2)30-50-24-12-22-48(58(50)66-38-42-15-7-4-8-16-42)28-54(59)32-51(31-53)45-19-9-17-43(25-45)35-61/h3-26,31-34,61-62H,27-30,35-40H2,1-2H3. The summed E-state index contributed by atoms with van der Waals surface area (Å²) < 4.78 is 38.5. The number of rotatable bonds is 16. The molecule has 8 bridgehead atoms. The molecule has 0 atom stereocenters. The van der Waals surface area contributed by atoms with Gasteiger partial charge in [-0.1, -0.05) is 133 Å². The summed E-state index contributed by atoms with van der Waals surface area (Å²) >= 11 is 0. The highest BCUT2D eigenvalue weighted by molar-refractivity contribution is 5.71. The topological polar surface area (TPSA) is 95.8 Å². The predicted molar refractivity (Wildman–Crippen MR) is 266 cm³/mol. The highest BCUT2D eigenvalue weighted by Crippen LogP contribution is 2.42. The zero-order chi connectivity index (χ0) is 46.7. The molecule has 0 fully saturated rings. The summed E-state index contributed by atoms with van der Waals surface area (Å²) in [5.74, 6) is 3.03. The Labute approximate surface area is 398 Å². The van der Waals surface area contributed by atoms with Gasteiger partial charge in [0.05, 0.1) is 13.2 Å². The zero-order valence-electron chi connectivity index (χ0n) is 38.6. The van der Waals surface area contributed by atoms with E-state index in [1.165, 1.54) is 0 Å². The summed E-state index contributed by atoms with van der Waals surface area (Å²) in [4.78, 5) is 0. The maximum Gasteiger partial charge on any atom is 0.188 e. The van der Waals surface area contributed by atoms with Crippen molar-refractivity contribution in [3.05, 3.63) is 237 Å². The van der Waals surface area contributed by atoms with Gasteiger partial charge in [-0.15, -0.1) is 0 Å². The van der Waals surface area contributed by atoms with E-state index < -0.39 is 0 Å². The minimum absolute atomic E-state index is 0.0522. The van der Waals surface area contributed by atoms with Gasteiger partial charge >= 0.3 is 0 Å². The summed E-state index contributed by atoms with van der Waals surface area (Å²) in [5.41, 5.74) is 15.5. The molecule has 9 rings (SSSR count). The van der Waals surface area contributed by atoms with E-state index in [2.05, 4.69) is 97.1 Å². The Kier molecular flexibility index (Phi) is 14.9. The van der Waals surface area contributed by atoms with E-state index in [-0.39, 0.29) is 26.8 Å². The van der Waals surface area contributed by atoms with E-state index >= 15 is 0 Å². The van der Waals surface area contributed by atoms with Crippen LogP contribution in [0.3, 0.4) is 0 Å². The largest absolute Gasteiger partial charge is 0.488 e. The molecule has 2 N–H and O–H groups in total. The molecule has 8 aromatic rings. The highest BCUT2D eigenvalue weighted by atomic mass is 16.7. The first-order chi connectivity index (χ1) is 33.5. The van der Waals surface area contributed by atoms with E-state index in [1.807, 2.05) is 72.8 Å². The van der Waals surface area contributed by atoms with Crippen LogP contribution in [0.2, 0.25) is 0 Å². The van der Waals surface area contributed by atoms with Crippen molar-refractivity contribution in [1.29, 1.82) is 0 Å². The molecular weight excluding hydrogens is 849 g/mol. The molecule has 0 heterocycles. The zero-order valence-corrected chi connectivity index (χ0v) is 38.6. The number of ether oxygens (including phenoxy) is 6. The smallest absolute Gasteiger partial charge is 0.188 e. The monoisotopic (exact) mass is 904 g/mol. The number of hydrogen-bond donors (Lipinski definition) is 2. The first-order valence-corrected chi connectivity index (χ1v) is 23.0. The van der Waals surface area contributed by atoms with Gasteiger partial charge in [-0.2, -0.15) is 0 Å². The maximum absolute atomic E-state index is 10.2. The van der Waals surface area contributed by atoms with Gasteiger partial charge in [0.15, 0.2) is 13.6 Å². The number of fused-ring (bicyclic) bond motifs is 8. The van der Waals surface area contributed by atoms with Gasteiger partial charge < -0.3 is 38.6 Å². The third kappa shape index (κ3) is 10.8. The van der Waals surface area contributed by atoms with Crippen LogP contribution in [0.25, 0.3) is 22.3 Å². The lowest BCUT2D eigenvalue weighted by Gasteiger charge is -2.24. The van der Waals surface area contributed by atoms with Crippen molar-refractivity contribution in [3.8, 4) is 45.3 Å². The third-order valence-electron chi connectivity index (χ3n) is 12.3. The van der Waals surface area contributed by atoms with Gasteiger partial charge in [0.1, 0.15) is 36.2 Å². The van der Waals surface area contributed by atoms with E-state index in [4.69, 9.17) is 28.4 Å². The van der Waals surface area contributed by atoms with Gasteiger partial charge in [-0.3, -0.25) is 0 Å². The normalized spacial score (nSPS) is 12.1. The molecule has 8 heteroatoms. The molecule has 0 unspecified atom stereocenters. The van der Waals surface area contributed by atoms with Crippen molar-refractivity contribution in [2.24, 2.45) is 0 Å². The average molecular weight is 905 g/mol. The van der Waals surface area contributed by atoms with Crippen LogP contribution in [-0.4, -0.2) is 38.0 Å². The van der Waals surface area contributed by atoms with Crippen LogP contribution in [0.5, 0.6) is 23.0 Å². The summed E-state index contributed by atoms with van der Waals surface area (Å²) in [7, 11) is 3.28. The summed E-state index contributed by atoms with van der Waals surface area (Å²) in [6.07, 6.45) is 1.89. The SMILES string of the molecule is COCOc1c2cc(-c3cccc(CO)c3)cc1Cc1cccc(c1OCc1ccccc1)Cc1cc(-c3cccc(CO)c3)cc(c1OCOC)Cc1cccc(c1OCc1ccccc1)C2. The Bertz CT molecular complexity index is 2670. The Morgan fingerprint density at radius 3 is 0.985 bits per heavy atom. The summed E-state index contributed by atoms with van der Waals surface area (Å²) in [6, 6.07) is 58.0. The van der Waals surface area contributed by atoms with Gasteiger partial charge in [-0.05, 0) is 125 Å². The van der Waals surface area contributed by atoms with Crippen molar-refractivity contribution in [3.63, 3.8) is 0 Å². The van der Waals surface area contributed by atoms with Gasteiger partial charge in [0.25, 0.3) is 0 Å². The van der Waals surface area contributed by atoms with Crippen LogP contribution in [0, 0.1) is 0 Å². The summed E-state index contributed by atoms with van der Waals surface area (Å²) in [6.45, 7) is 0.702. The second kappa shape index (κ2) is 22.1. The number of benzene rings is 8. The van der Waals surface area contributed by atoms with Crippen LogP contribution in [0.1, 0.15) is 66.8 Å². The van der Waals surface area contributed by atoms with Crippen LogP contribution in [0.4, 0.5) is 0 Å². The first-order valence-electron chi connectivity index (χ1n) is 23.0. The lowest BCUT2D eigenvalue weighted by Crippen LogP contribution is -2.11. The molecule has 0 aromatic heterocycles. The molecule has 68 heavy (non-hydrogen) atoms. The molecule has 0 saturated carbocycles. The molecule has 1 aliphatic carbocycles.